The minimum absolute atomic E-state index is 0.566. The molecule has 1 aromatic rings. The number of carbonyl (C=O) groups is 1. The van der Waals surface area contributed by atoms with Crippen LogP contribution < -0.4 is 4.90 Å². The third-order valence-electron chi connectivity index (χ3n) is 2.52. The Morgan fingerprint density at radius 3 is 2.43 bits per heavy atom. The molecule has 0 saturated carbocycles. The summed E-state index contributed by atoms with van der Waals surface area (Å²) >= 11 is 0. The van der Waals surface area contributed by atoms with Crippen LogP contribution in [0.1, 0.15) is 24.3 Å². The molecule has 0 spiro atoms. The van der Waals surface area contributed by atoms with Crippen LogP contribution in [0.4, 0.5) is 24.7 Å². The summed E-state index contributed by atoms with van der Waals surface area (Å²) in [6.07, 6.45) is -4.61. The molecule has 21 heavy (non-hydrogen) atoms. The van der Waals surface area contributed by atoms with Crippen molar-refractivity contribution in [2.24, 2.45) is 0 Å². The monoisotopic (exact) mass is 307 g/mol. The van der Waals surface area contributed by atoms with Crippen LogP contribution in [0.2, 0.25) is 0 Å². The molecule has 0 aromatic carbocycles. The van der Waals surface area contributed by atoms with Gasteiger partial charge in [0.2, 0.25) is 5.82 Å². The minimum atomic E-state index is -4.61. The van der Waals surface area contributed by atoms with Crippen molar-refractivity contribution in [3.8, 4) is 0 Å². The van der Waals surface area contributed by atoms with Crippen LogP contribution in [0, 0.1) is 10.1 Å². The quantitative estimate of drug-likeness (QED) is 0.663. The molecule has 0 saturated heterocycles. The van der Waals surface area contributed by atoms with E-state index in [1.165, 1.54) is 13.8 Å². The summed E-state index contributed by atoms with van der Waals surface area (Å²) in [5.41, 5.74) is -1.25. The molecule has 0 unspecified atom stereocenters. The SMILES string of the molecule is CC(C)N(CC(F)(F)F)c1nc(C(=O)O)ccc1[N+](=O)[O-]. The Balaban J connectivity index is 3.42. The Hall–Kier alpha value is -2.39. The van der Waals surface area contributed by atoms with Gasteiger partial charge in [-0.05, 0) is 19.9 Å². The van der Waals surface area contributed by atoms with Gasteiger partial charge in [0.15, 0.2) is 5.69 Å². The second-order valence-electron chi connectivity index (χ2n) is 4.44. The van der Waals surface area contributed by atoms with Gasteiger partial charge in [-0.1, -0.05) is 0 Å². The summed E-state index contributed by atoms with van der Waals surface area (Å²) in [5.74, 6) is -2.10. The van der Waals surface area contributed by atoms with E-state index in [4.69, 9.17) is 5.11 Å². The molecule has 116 valence electrons. The number of nitrogens with zero attached hydrogens (tertiary/aromatic N) is 3. The summed E-state index contributed by atoms with van der Waals surface area (Å²) in [7, 11) is 0. The normalized spacial score (nSPS) is 11.5. The summed E-state index contributed by atoms with van der Waals surface area (Å²) in [6, 6.07) is 0.940. The molecule has 1 rings (SSSR count). The zero-order valence-electron chi connectivity index (χ0n) is 11.1. The Bertz CT molecular complexity index is 560. The number of pyridine rings is 1. The maximum atomic E-state index is 12.6. The predicted molar refractivity (Wildman–Crippen MR) is 66.4 cm³/mol. The van der Waals surface area contributed by atoms with Crippen molar-refractivity contribution < 1.29 is 28.0 Å². The van der Waals surface area contributed by atoms with Crippen molar-refractivity contribution in [3.63, 3.8) is 0 Å². The molecule has 0 bridgehead atoms. The second-order valence-corrected chi connectivity index (χ2v) is 4.44. The summed E-state index contributed by atoms with van der Waals surface area (Å²) in [6.45, 7) is 1.32. The van der Waals surface area contributed by atoms with Crippen molar-refractivity contribution in [1.82, 2.24) is 4.98 Å². The van der Waals surface area contributed by atoms with Gasteiger partial charge < -0.3 is 10.0 Å². The molecule has 7 nitrogen and oxygen atoms in total. The summed E-state index contributed by atoms with van der Waals surface area (Å²) < 4.78 is 37.8. The molecule has 1 heterocycles. The largest absolute Gasteiger partial charge is 0.477 e. The first-order valence-electron chi connectivity index (χ1n) is 5.75. The van der Waals surface area contributed by atoms with Crippen molar-refractivity contribution >= 4 is 17.5 Å². The van der Waals surface area contributed by atoms with E-state index in [-0.39, 0.29) is 0 Å². The van der Waals surface area contributed by atoms with Gasteiger partial charge in [-0.15, -0.1) is 0 Å². The molecule has 0 amide bonds. The van der Waals surface area contributed by atoms with E-state index in [0.29, 0.717) is 4.90 Å². The van der Waals surface area contributed by atoms with Crippen LogP contribution in [0.5, 0.6) is 0 Å². The number of aromatic carboxylic acids is 1. The predicted octanol–water partition coefficient (Wildman–Crippen LogP) is 2.47. The van der Waals surface area contributed by atoms with Crippen molar-refractivity contribution in [2.75, 3.05) is 11.4 Å². The fourth-order valence-corrected chi connectivity index (χ4v) is 1.61. The number of halogens is 3. The van der Waals surface area contributed by atoms with Gasteiger partial charge in [0.25, 0.3) is 0 Å². The number of hydrogen-bond acceptors (Lipinski definition) is 5. The van der Waals surface area contributed by atoms with E-state index < -0.39 is 46.9 Å². The molecule has 10 heteroatoms. The Morgan fingerprint density at radius 1 is 1.48 bits per heavy atom. The number of alkyl halides is 3. The van der Waals surface area contributed by atoms with Gasteiger partial charge in [-0.2, -0.15) is 13.2 Å². The number of anilines is 1. The van der Waals surface area contributed by atoms with Crippen LogP contribution in [-0.2, 0) is 0 Å². The number of carboxylic acid groups (broad SMARTS) is 1. The number of hydrogen-bond donors (Lipinski definition) is 1. The molecule has 0 radical (unpaired) electrons. The maximum absolute atomic E-state index is 12.6. The lowest BCUT2D eigenvalue weighted by Gasteiger charge is -2.28. The number of carboxylic acids is 1. The maximum Gasteiger partial charge on any atom is 0.405 e. The molecule has 0 fully saturated rings. The fraction of sp³-hybridized carbons (Fsp3) is 0.455. The van der Waals surface area contributed by atoms with E-state index in [9.17, 15) is 28.1 Å². The van der Waals surface area contributed by atoms with Crippen LogP contribution >= 0.6 is 0 Å². The highest BCUT2D eigenvalue weighted by atomic mass is 19.4. The zero-order valence-corrected chi connectivity index (χ0v) is 11.1. The average Bonchev–Trinajstić information content (AvgIpc) is 2.33. The highest BCUT2D eigenvalue weighted by molar-refractivity contribution is 5.86. The number of rotatable bonds is 5. The summed E-state index contributed by atoms with van der Waals surface area (Å²) in [5, 5.41) is 19.7. The van der Waals surface area contributed by atoms with Gasteiger partial charge in [-0.3, -0.25) is 10.1 Å². The summed E-state index contributed by atoms with van der Waals surface area (Å²) in [4.78, 5) is 25.0. The molecule has 0 atom stereocenters. The molecular formula is C11H12F3N3O4. The fourth-order valence-electron chi connectivity index (χ4n) is 1.61. The average molecular weight is 307 g/mol. The van der Waals surface area contributed by atoms with E-state index >= 15 is 0 Å². The van der Waals surface area contributed by atoms with Gasteiger partial charge in [0.1, 0.15) is 6.54 Å². The van der Waals surface area contributed by atoms with Crippen LogP contribution in [0.3, 0.4) is 0 Å². The molecular weight excluding hydrogens is 295 g/mol. The lowest BCUT2D eigenvalue weighted by Crippen LogP contribution is -2.40. The van der Waals surface area contributed by atoms with E-state index in [0.717, 1.165) is 12.1 Å². The number of aromatic nitrogens is 1. The van der Waals surface area contributed by atoms with Gasteiger partial charge in [-0.25, -0.2) is 9.78 Å². The van der Waals surface area contributed by atoms with Crippen LogP contribution in [-0.4, -0.2) is 39.7 Å². The van der Waals surface area contributed by atoms with Gasteiger partial charge >= 0.3 is 17.8 Å². The van der Waals surface area contributed by atoms with Crippen LogP contribution in [0.25, 0.3) is 0 Å². The van der Waals surface area contributed by atoms with Crippen molar-refractivity contribution in [2.45, 2.75) is 26.1 Å². The third-order valence-corrected chi connectivity index (χ3v) is 2.52. The first-order chi connectivity index (χ1) is 9.53. The van der Waals surface area contributed by atoms with E-state index in [1.54, 1.807) is 0 Å². The van der Waals surface area contributed by atoms with Crippen LogP contribution in [0.15, 0.2) is 12.1 Å². The van der Waals surface area contributed by atoms with Crippen molar-refractivity contribution in [3.05, 3.63) is 27.9 Å². The molecule has 1 aromatic heterocycles. The standard InChI is InChI=1S/C11H12F3N3O4/c1-6(2)16(5-11(12,13)14)9-8(17(20)21)4-3-7(15-9)10(18)19/h3-4,6H,5H2,1-2H3,(H,18,19). The van der Waals surface area contributed by atoms with Gasteiger partial charge in [0, 0.05) is 12.1 Å². The topological polar surface area (TPSA) is 96.6 Å². The lowest BCUT2D eigenvalue weighted by molar-refractivity contribution is -0.384. The first kappa shape index (κ1) is 16.7. The first-order valence-corrected chi connectivity index (χ1v) is 5.75. The Kier molecular flexibility index (Phi) is 4.71. The Morgan fingerprint density at radius 2 is 2.05 bits per heavy atom. The van der Waals surface area contributed by atoms with Gasteiger partial charge in [0.05, 0.1) is 4.92 Å². The van der Waals surface area contributed by atoms with E-state index in [1.807, 2.05) is 0 Å². The Labute approximate surface area is 117 Å². The smallest absolute Gasteiger partial charge is 0.405 e. The van der Waals surface area contributed by atoms with Crippen molar-refractivity contribution in [1.29, 1.82) is 0 Å². The highest BCUT2D eigenvalue weighted by Crippen LogP contribution is 2.30. The highest BCUT2D eigenvalue weighted by Gasteiger charge is 2.35. The molecule has 0 aliphatic carbocycles. The molecule has 0 aliphatic rings. The van der Waals surface area contributed by atoms with E-state index in [2.05, 4.69) is 4.98 Å². The second kappa shape index (κ2) is 5.94. The third kappa shape index (κ3) is 4.29. The lowest BCUT2D eigenvalue weighted by atomic mass is 10.2. The number of nitro groups is 1. The zero-order chi connectivity index (χ0) is 16.4. The molecule has 1 N–H and O–H groups in total. The minimum Gasteiger partial charge on any atom is -0.477 e. The molecule has 0 aliphatic heterocycles.